The summed E-state index contributed by atoms with van der Waals surface area (Å²) in [5, 5.41) is 6.64. The molecule has 2 rings (SSSR count). The van der Waals surface area contributed by atoms with Gasteiger partial charge in [0, 0.05) is 20.1 Å². The van der Waals surface area contributed by atoms with E-state index >= 15 is 0 Å². The van der Waals surface area contributed by atoms with Crippen LogP contribution in [0.2, 0.25) is 0 Å². The summed E-state index contributed by atoms with van der Waals surface area (Å²) in [5.41, 5.74) is 4.02. The van der Waals surface area contributed by atoms with Gasteiger partial charge in [0.25, 0.3) is 0 Å². The molecule has 0 heterocycles. The second-order valence-corrected chi connectivity index (χ2v) is 6.86. The number of hydrogen-bond donors (Lipinski definition) is 2. The van der Waals surface area contributed by atoms with Crippen LogP contribution in [0, 0.1) is 12.7 Å². The van der Waals surface area contributed by atoms with Crippen molar-refractivity contribution in [3.8, 4) is 0 Å². The molecule has 4 nitrogen and oxygen atoms in total. The molecule has 0 aliphatic rings. The lowest BCUT2D eigenvalue weighted by Gasteiger charge is -2.19. The zero-order chi connectivity index (χ0) is 19.1. The minimum absolute atomic E-state index is 0. The number of benzene rings is 2. The zero-order valence-corrected chi connectivity index (χ0v) is 19.0. The molecule has 2 N–H and O–H groups in total. The minimum Gasteiger partial charge on any atom is -0.352 e. The van der Waals surface area contributed by atoms with E-state index in [2.05, 4.69) is 58.9 Å². The number of aryl methyl sites for hydroxylation is 1. The highest BCUT2D eigenvalue weighted by Gasteiger charge is 2.10. The molecule has 0 saturated carbocycles. The summed E-state index contributed by atoms with van der Waals surface area (Å²) in [6, 6.07) is 13.8. The summed E-state index contributed by atoms with van der Waals surface area (Å²) in [4.78, 5) is 6.42. The van der Waals surface area contributed by atoms with Gasteiger partial charge in [0.2, 0.25) is 0 Å². The van der Waals surface area contributed by atoms with Gasteiger partial charge in [0.05, 0.1) is 6.04 Å². The van der Waals surface area contributed by atoms with Crippen molar-refractivity contribution in [3.05, 3.63) is 70.5 Å². The van der Waals surface area contributed by atoms with Crippen LogP contribution in [0.4, 0.5) is 4.39 Å². The molecule has 0 spiro atoms. The Balaban J connectivity index is 0.00000364. The van der Waals surface area contributed by atoms with Crippen LogP contribution < -0.4 is 10.6 Å². The average Bonchev–Trinajstić information content (AvgIpc) is 2.60. The average molecular weight is 484 g/mol. The van der Waals surface area contributed by atoms with E-state index in [-0.39, 0.29) is 35.8 Å². The molecule has 0 fully saturated rings. The number of aliphatic imine (C=N–C) groups is 1. The van der Waals surface area contributed by atoms with E-state index in [1.807, 2.05) is 13.0 Å². The smallest absolute Gasteiger partial charge is 0.191 e. The molecule has 2 aromatic rings. The first kappa shape index (κ1) is 23.4. The Hall–Kier alpha value is -1.67. The third-order valence-electron chi connectivity index (χ3n) is 4.22. The van der Waals surface area contributed by atoms with Crippen LogP contribution in [0.5, 0.6) is 0 Å². The SMILES string of the molecule is CN=C(NCc1cccc(CN(C)C)c1)NC(C)c1ccc(C)c(F)c1.I. The molecule has 0 aliphatic heterocycles. The van der Waals surface area contributed by atoms with Crippen LogP contribution in [0.25, 0.3) is 0 Å². The molecule has 148 valence electrons. The van der Waals surface area contributed by atoms with E-state index in [9.17, 15) is 4.39 Å². The lowest BCUT2D eigenvalue weighted by atomic mass is 10.1. The molecular formula is C21H30FIN4. The van der Waals surface area contributed by atoms with E-state index in [1.54, 1.807) is 26.1 Å². The van der Waals surface area contributed by atoms with Gasteiger partial charge in [0.1, 0.15) is 5.82 Å². The molecule has 0 saturated heterocycles. The lowest BCUT2D eigenvalue weighted by molar-refractivity contribution is 0.402. The van der Waals surface area contributed by atoms with Crippen molar-refractivity contribution in [2.75, 3.05) is 21.1 Å². The summed E-state index contributed by atoms with van der Waals surface area (Å²) >= 11 is 0. The van der Waals surface area contributed by atoms with E-state index in [4.69, 9.17) is 0 Å². The number of halogens is 2. The zero-order valence-electron chi connectivity index (χ0n) is 16.7. The molecule has 0 bridgehead atoms. The topological polar surface area (TPSA) is 39.7 Å². The van der Waals surface area contributed by atoms with Gasteiger partial charge in [-0.15, -0.1) is 24.0 Å². The minimum atomic E-state index is -0.184. The molecule has 6 heteroatoms. The predicted octanol–water partition coefficient (Wildman–Crippen LogP) is 4.24. The van der Waals surface area contributed by atoms with Crippen LogP contribution >= 0.6 is 24.0 Å². The maximum absolute atomic E-state index is 13.8. The van der Waals surface area contributed by atoms with Crippen molar-refractivity contribution < 1.29 is 4.39 Å². The van der Waals surface area contributed by atoms with Gasteiger partial charge in [-0.25, -0.2) is 4.39 Å². The normalized spacial score (nSPS) is 12.5. The Morgan fingerprint density at radius 1 is 1.15 bits per heavy atom. The highest BCUT2D eigenvalue weighted by molar-refractivity contribution is 14.0. The van der Waals surface area contributed by atoms with Crippen LogP contribution in [0.1, 0.15) is 35.2 Å². The molecule has 0 aliphatic carbocycles. The maximum Gasteiger partial charge on any atom is 0.191 e. The van der Waals surface area contributed by atoms with Crippen LogP contribution in [0.3, 0.4) is 0 Å². The fraction of sp³-hybridized carbons (Fsp3) is 0.381. The third-order valence-corrected chi connectivity index (χ3v) is 4.22. The van der Waals surface area contributed by atoms with Crippen molar-refractivity contribution in [2.45, 2.75) is 33.0 Å². The van der Waals surface area contributed by atoms with Gasteiger partial charge in [-0.2, -0.15) is 0 Å². The van der Waals surface area contributed by atoms with Gasteiger partial charge >= 0.3 is 0 Å². The third kappa shape index (κ3) is 7.46. The Bertz CT molecular complexity index is 762. The molecule has 27 heavy (non-hydrogen) atoms. The number of rotatable bonds is 6. The molecule has 1 unspecified atom stereocenters. The summed E-state index contributed by atoms with van der Waals surface area (Å²) in [6.07, 6.45) is 0. The number of guanidine groups is 1. The highest BCUT2D eigenvalue weighted by Crippen LogP contribution is 2.16. The second kappa shape index (κ2) is 11.2. The monoisotopic (exact) mass is 484 g/mol. The lowest BCUT2D eigenvalue weighted by Crippen LogP contribution is -2.38. The summed E-state index contributed by atoms with van der Waals surface area (Å²) in [6.45, 7) is 5.35. The van der Waals surface area contributed by atoms with Crippen molar-refractivity contribution in [3.63, 3.8) is 0 Å². The van der Waals surface area contributed by atoms with E-state index in [0.717, 1.165) is 12.1 Å². The largest absolute Gasteiger partial charge is 0.352 e. The van der Waals surface area contributed by atoms with Gasteiger partial charge in [-0.05, 0) is 56.3 Å². The molecule has 0 amide bonds. The summed E-state index contributed by atoms with van der Waals surface area (Å²) in [5.74, 6) is 0.508. The first-order valence-corrected chi connectivity index (χ1v) is 8.85. The fourth-order valence-electron chi connectivity index (χ4n) is 2.75. The Kier molecular flexibility index (Phi) is 9.73. The molecule has 1 atom stereocenters. The molecule has 2 aromatic carbocycles. The van der Waals surface area contributed by atoms with Crippen LogP contribution in [-0.4, -0.2) is 32.0 Å². The predicted molar refractivity (Wildman–Crippen MR) is 122 cm³/mol. The van der Waals surface area contributed by atoms with Gasteiger partial charge in [0.15, 0.2) is 5.96 Å². The highest BCUT2D eigenvalue weighted by atomic mass is 127. The Morgan fingerprint density at radius 2 is 1.85 bits per heavy atom. The summed E-state index contributed by atoms with van der Waals surface area (Å²) < 4.78 is 13.8. The molecular weight excluding hydrogens is 454 g/mol. The maximum atomic E-state index is 13.8. The van der Waals surface area contributed by atoms with Crippen LogP contribution in [0.15, 0.2) is 47.5 Å². The Morgan fingerprint density at radius 3 is 2.48 bits per heavy atom. The van der Waals surface area contributed by atoms with E-state index in [0.29, 0.717) is 18.1 Å². The van der Waals surface area contributed by atoms with Crippen molar-refractivity contribution in [1.82, 2.24) is 15.5 Å². The summed E-state index contributed by atoms with van der Waals surface area (Å²) in [7, 11) is 5.86. The molecule has 0 radical (unpaired) electrons. The van der Waals surface area contributed by atoms with Crippen molar-refractivity contribution in [2.24, 2.45) is 4.99 Å². The van der Waals surface area contributed by atoms with Crippen LogP contribution in [-0.2, 0) is 13.1 Å². The molecule has 0 aromatic heterocycles. The number of nitrogens with one attached hydrogen (secondary N) is 2. The van der Waals surface area contributed by atoms with Gasteiger partial charge in [-0.3, -0.25) is 4.99 Å². The fourth-order valence-corrected chi connectivity index (χ4v) is 2.75. The number of nitrogens with zero attached hydrogens (tertiary/aromatic N) is 2. The quantitative estimate of drug-likeness (QED) is 0.366. The van der Waals surface area contributed by atoms with E-state index < -0.39 is 0 Å². The standard InChI is InChI=1S/C21H29FN4.HI/c1-15-9-10-19(12-20(15)22)16(2)25-21(23-3)24-13-17-7-6-8-18(11-17)14-26(4)5;/h6-12,16H,13-14H2,1-5H3,(H2,23,24,25);1H. The van der Waals surface area contributed by atoms with Crippen molar-refractivity contribution in [1.29, 1.82) is 0 Å². The first-order chi connectivity index (χ1) is 12.4. The van der Waals surface area contributed by atoms with E-state index in [1.165, 1.54) is 11.1 Å². The van der Waals surface area contributed by atoms with Gasteiger partial charge < -0.3 is 15.5 Å². The van der Waals surface area contributed by atoms with Crippen molar-refractivity contribution >= 4 is 29.9 Å². The van der Waals surface area contributed by atoms with Gasteiger partial charge in [-0.1, -0.05) is 36.4 Å². The second-order valence-electron chi connectivity index (χ2n) is 6.86. The first-order valence-electron chi connectivity index (χ1n) is 8.85. The Labute approximate surface area is 179 Å². The number of hydrogen-bond acceptors (Lipinski definition) is 2.